The van der Waals surface area contributed by atoms with Crippen LogP contribution >= 0.6 is 0 Å². The summed E-state index contributed by atoms with van der Waals surface area (Å²) >= 11 is 0. The second kappa shape index (κ2) is 4.77. The molecule has 3 rings (SSSR count). The van der Waals surface area contributed by atoms with Crippen LogP contribution in [-0.4, -0.2) is 11.8 Å². The van der Waals surface area contributed by atoms with E-state index in [1.165, 1.54) is 24.3 Å². The average Bonchev–Trinajstić information content (AvgIpc) is 2.80. The van der Waals surface area contributed by atoms with Gasteiger partial charge in [0.05, 0.1) is 6.42 Å². The summed E-state index contributed by atoms with van der Waals surface area (Å²) < 4.78 is 12.8. The Morgan fingerprint density at radius 1 is 1.15 bits per heavy atom. The maximum Gasteiger partial charge on any atom is 0.255 e. The van der Waals surface area contributed by atoms with Gasteiger partial charge in [-0.1, -0.05) is 0 Å². The van der Waals surface area contributed by atoms with Crippen molar-refractivity contribution in [3.8, 4) is 0 Å². The molecule has 0 saturated heterocycles. The summed E-state index contributed by atoms with van der Waals surface area (Å²) in [5, 5.41) is 5.38. The van der Waals surface area contributed by atoms with Gasteiger partial charge in [0.1, 0.15) is 5.82 Å². The van der Waals surface area contributed by atoms with Gasteiger partial charge in [-0.3, -0.25) is 9.59 Å². The molecule has 0 radical (unpaired) electrons. The van der Waals surface area contributed by atoms with Gasteiger partial charge in [0.15, 0.2) is 0 Å². The zero-order valence-corrected chi connectivity index (χ0v) is 10.4. The Kier molecular flexibility index (Phi) is 2.95. The molecule has 0 unspecified atom stereocenters. The van der Waals surface area contributed by atoms with E-state index in [1.807, 2.05) is 0 Å². The van der Waals surface area contributed by atoms with E-state index in [0.29, 0.717) is 11.3 Å². The van der Waals surface area contributed by atoms with Gasteiger partial charge in [0.25, 0.3) is 5.91 Å². The fourth-order valence-corrected chi connectivity index (χ4v) is 2.11. The van der Waals surface area contributed by atoms with Gasteiger partial charge in [0.2, 0.25) is 5.91 Å². The Bertz CT molecular complexity index is 696. The number of hydrogen-bond acceptors (Lipinski definition) is 2. The third-order valence-corrected chi connectivity index (χ3v) is 3.09. The molecule has 0 atom stereocenters. The number of amides is 2. The second-order valence-electron chi connectivity index (χ2n) is 4.56. The van der Waals surface area contributed by atoms with E-state index in [0.717, 1.165) is 11.3 Å². The number of halogens is 1. The minimum atomic E-state index is -0.356. The molecule has 0 fully saturated rings. The molecule has 0 saturated carbocycles. The van der Waals surface area contributed by atoms with Crippen LogP contribution in [0, 0.1) is 5.82 Å². The third kappa shape index (κ3) is 2.38. The number of carbonyl (C=O) groups excluding carboxylic acids is 2. The fourth-order valence-electron chi connectivity index (χ4n) is 2.11. The monoisotopic (exact) mass is 270 g/mol. The molecule has 2 N–H and O–H groups in total. The molecule has 20 heavy (non-hydrogen) atoms. The van der Waals surface area contributed by atoms with Crippen molar-refractivity contribution < 1.29 is 14.0 Å². The average molecular weight is 270 g/mol. The maximum atomic E-state index is 12.8. The van der Waals surface area contributed by atoms with Crippen molar-refractivity contribution in [2.24, 2.45) is 0 Å². The third-order valence-electron chi connectivity index (χ3n) is 3.09. The van der Waals surface area contributed by atoms with Gasteiger partial charge in [-0.15, -0.1) is 0 Å². The van der Waals surface area contributed by atoms with Crippen LogP contribution in [0.1, 0.15) is 15.9 Å². The number of benzene rings is 2. The largest absolute Gasteiger partial charge is 0.326 e. The van der Waals surface area contributed by atoms with E-state index in [9.17, 15) is 14.0 Å². The highest BCUT2D eigenvalue weighted by Crippen LogP contribution is 2.24. The van der Waals surface area contributed by atoms with Crippen molar-refractivity contribution in [1.82, 2.24) is 0 Å². The van der Waals surface area contributed by atoms with Crippen molar-refractivity contribution in [3.63, 3.8) is 0 Å². The van der Waals surface area contributed by atoms with Crippen LogP contribution in [0.2, 0.25) is 0 Å². The predicted octanol–water partition coefficient (Wildman–Crippen LogP) is 2.57. The molecule has 0 spiro atoms. The molecular formula is C15H11FN2O2. The summed E-state index contributed by atoms with van der Waals surface area (Å²) in [5.74, 6) is -0.722. The Balaban J connectivity index is 1.79. The van der Waals surface area contributed by atoms with Crippen LogP contribution < -0.4 is 10.6 Å². The fraction of sp³-hybridized carbons (Fsp3) is 0.0667. The van der Waals surface area contributed by atoms with Crippen molar-refractivity contribution in [3.05, 3.63) is 59.4 Å². The number of fused-ring (bicyclic) bond motifs is 1. The minimum absolute atomic E-state index is 0.0731. The van der Waals surface area contributed by atoms with E-state index < -0.39 is 0 Å². The van der Waals surface area contributed by atoms with Gasteiger partial charge in [-0.25, -0.2) is 4.39 Å². The van der Waals surface area contributed by atoms with Gasteiger partial charge in [0, 0.05) is 16.9 Å². The highest BCUT2D eigenvalue weighted by Gasteiger charge is 2.19. The first kappa shape index (κ1) is 12.3. The van der Waals surface area contributed by atoms with Crippen molar-refractivity contribution >= 4 is 23.2 Å². The molecule has 0 bridgehead atoms. The molecule has 4 nitrogen and oxygen atoms in total. The Morgan fingerprint density at radius 3 is 2.65 bits per heavy atom. The summed E-state index contributed by atoms with van der Waals surface area (Å²) in [6.07, 6.45) is 0.285. The number of rotatable bonds is 2. The molecule has 1 heterocycles. The van der Waals surface area contributed by atoms with E-state index in [-0.39, 0.29) is 24.1 Å². The minimum Gasteiger partial charge on any atom is -0.326 e. The highest BCUT2D eigenvalue weighted by molar-refractivity contribution is 6.06. The van der Waals surface area contributed by atoms with Crippen LogP contribution in [0.4, 0.5) is 15.8 Å². The quantitative estimate of drug-likeness (QED) is 0.881. The van der Waals surface area contributed by atoms with Gasteiger partial charge < -0.3 is 10.6 Å². The number of hydrogen-bond donors (Lipinski definition) is 2. The lowest BCUT2D eigenvalue weighted by Gasteiger charge is -2.06. The first-order chi connectivity index (χ1) is 9.61. The Labute approximate surface area is 114 Å². The Morgan fingerprint density at radius 2 is 1.90 bits per heavy atom. The van der Waals surface area contributed by atoms with E-state index in [2.05, 4.69) is 10.6 Å². The SMILES string of the molecule is O=C1Cc2cc(C(=O)Nc3ccc(F)cc3)ccc2N1. The molecule has 1 aliphatic rings. The zero-order valence-electron chi connectivity index (χ0n) is 10.4. The summed E-state index contributed by atoms with van der Waals surface area (Å²) in [6.45, 7) is 0. The number of carbonyl (C=O) groups is 2. The molecule has 0 aliphatic carbocycles. The van der Waals surface area contributed by atoms with Gasteiger partial charge in [-0.05, 0) is 48.0 Å². The molecular weight excluding hydrogens is 259 g/mol. The lowest BCUT2D eigenvalue weighted by molar-refractivity contribution is -0.115. The van der Waals surface area contributed by atoms with Crippen LogP contribution in [0.15, 0.2) is 42.5 Å². The smallest absolute Gasteiger partial charge is 0.255 e. The van der Waals surface area contributed by atoms with Crippen molar-refractivity contribution in [1.29, 1.82) is 0 Å². The predicted molar refractivity (Wildman–Crippen MR) is 73.1 cm³/mol. The Hall–Kier alpha value is -2.69. The van der Waals surface area contributed by atoms with Crippen LogP contribution in [0.25, 0.3) is 0 Å². The molecule has 2 aromatic carbocycles. The second-order valence-corrected chi connectivity index (χ2v) is 4.56. The summed E-state index contributed by atoms with van der Waals surface area (Å²) in [7, 11) is 0. The van der Waals surface area contributed by atoms with E-state index >= 15 is 0 Å². The standard InChI is InChI=1S/C15H11FN2O2/c16-11-2-4-12(5-3-11)17-15(20)9-1-6-13-10(7-9)8-14(19)18-13/h1-7H,8H2,(H,17,20)(H,18,19). The molecule has 2 amide bonds. The first-order valence-corrected chi connectivity index (χ1v) is 6.11. The lowest BCUT2D eigenvalue weighted by Crippen LogP contribution is -2.12. The van der Waals surface area contributed by atoms with Crippen LogP contribution in [-0.2, 0) is 11.2 Å². The van der Waals surface area contributed by atoms with Gasteiger partial charge >= 0.3 is 0 Å². The summed E-state index contributed by atoms with van der Waals surface area (Å²) in [4.78, 5) is 23.3. The topological polar surface area (TPSA) is 58.2 Å². The molecule has 2 aromatic rings. The summed E-state index contributed by atoms with van der Waals surface area (Å²) in [5.41, 5.74) is 2.53. The summed E-state index contributed by atoms with van der Waals surface area (Å²) in [6, 6.07) is 10.6. The maximum absolute atomic E-state index is 12.8. The molecule has 100 valence electrons. The van der Waals surface area contributed by atoms with Crippen LogP contribution in [0.3, 0.4) is 0 Å². The highest BCUT2D eigenvalue weighted by atomic mass is 19.1. The normalized spacial score (nSPS) is 12.8. The van der Waals surface area contributed by atoms with Crippen molar-refractivity contribution in [2.45, 2.75) is 6.42 Å². The number of anilines is 2. The van der Waals surface area contributed by atoms with Crippen molar-refractivity contribution in [2.75, 3.05) is 10.6 Å². The molecule has 1 aliphatic heterocycles. The molecule has 5 heteroatoms. The van der Waals surface area contributed by atoms with E-state index in [1.54, 1.807) is 18.2 Å². The number of nitrogens with one attached hydrogen (secondary N) is 2. The zero-order chi connectivity index (χ0) is 14.1. The van der Waals surface area contributed by atoms with E-state index in [4.69, 9.17) is 0 Å². The van der Waals surface area contributed by atoms with Gasteiger partial charge in [-0.2, -0.15) is 0 Å². The van der Waals surface area contributed by atoms with Crippen LogP contribution in [0.5, 0.6) is 0 Å². The first-order valence-electron chi connectivity index (χ1n) is 6.11. The lowest BCUT2D eigenvalue weighted by atomic mass is 10.1. The molecule has 0 aromatic heterocycles.